The van der Waals surface area contributed by atoms with E-state index in [0.717, 1.165) is 23.2 Å². The van der Waals surface area contributed by atoms with Gasteiger partial charge in [-0.05, 0) is 40.3 Å². The van der Waals surface area contributed by atoms with Gasteiger partial charge in [0.05, 0.1) is 0 Å². The summed E-state index contributed by atoms with van der Waals surface area (Å²) < 4.78 is 0. The molecule has 2 nitrogen and oxygen atoms in total. The Hall–Kier alpha value is -1.32. The zero-order chi connectivity index (χ0) is 12.3. The van der Waals surface area contributed by atoms with E-state index in [0.29, 0.717) is 6.42 Å². The van der Waals surface area contributed by atoms with Gasteiger partial charge in [-0.25, -0.2) is 0 Å². The maximum Gasteiger partial charge on any atom is 0.0472 e. The highest BCUT2D eigenvalue weighted by Gasteiger charge is 2.10. The smallest absolute Gasteiger partial charge is 0.0472 e. The molecule has 0 saturated carbocycles. The van der Waals surface area contributed by atoms with Crippen LogP contribution in [0.2, 0.25) is 0 Å². The Morgan fingerprint density at radius 3 is 2.71 bits per heavy atom. The molecule has 0 bridgehead atoms. The van der Waals surface area contributed by atoms with Crippen molar-refractivity contribution in [1.29, 1.82) is 0 Å². The maximum absolute atomic E-state index is 9.01. The second-order valence-electron chi connectivity index (χ2n) is 4.02. The molecular formula is C14H17NOS. The molecule has 90 valence electrons. The maximum atomic E-state index is 9.01. The number of aryl methyl sites for hydroxylation is 1. The largest absolute Gasteiger partial charge is 0.398 e. The van der Waals surface area contributed by atoms with Crippen LogP contribution in [0.15, 0.2) is 29.0 Å². The SMILES string of the molecule is CCc1cscc1-c1cccc(CCO)c1N. The number of nitrogens with two attached hydrogens (primary N) is 1. The number of aliphatic hydroxyl groups is 1. The summed E-state index contributed by atoms with van der Waals surface area (Å²) in [4.78, 5) is 0. The summed E-state index contributed by atoms with van der Waals surface area (Å²) in [5, 5.41) is 13.3. The Morgan fingerprint density at radius 2 is 2.00 bits per heavy atom. The van der Waals surface area contributed by atoms with Crippen molar-refractivity contribution in [3.63, 3.8) is 0 Å². The van der Waals surface area contributed by atoms with Gasteiger partial charge in [0.1, 0.15) is 0 Å². The summed E-state index contributed by atoms with van der Waals surface area (Å²) in [6, 6.07) is 6.04. The first-order valence-electron chi connectivity index (χ1n) is 5.81. The van der Waals surface area contributed by atoms with Gasteiger partial charge >= 0.3 is 0 Å². The Kier molecular flexibility index (Phi) is 3.82. The summed E-state index contributed by atoms with van der Waals surface area (Å²) in [5.74, 6) is 0. The summed E-state index contributed by atoms with van der Waals surface area (Å²) >= 11 is 1.71. The van der Waals surface area contributed by atoms with Crippen molar-refractivity contribution in [2.24, 2.45) is 0 Å². The van der Waals surface area contributed by atoms with Crippen LogP contribution in [0.4, 0.5) is 5.69 Å². The molecular weight excluding hydrogens is 230 g/mol. The van der Waals surface area contributed by atoms with Gasteiger partial charge in [0.2, 0.25) is 0 Å². The fourth-order valence-corrected chi connectivity index (χ4v) is 2.96. The third kappa shape index (κ3) is 2.35. The predicted octanol–water partition coefficient (Wildman–Crippen LogP) is 3.09. The van der Waals surface area contributed by atoms with Crippen molar-refractivity contribution in [2.45, 2.75) is 19.8 Å². The first-order chi connectivity index (χ1) is 8.27. The topological polar surface area (TPSA) is 46.2 Å². The molecule has 1 aromatic heterocycles. The van der Waals surface area contributed by atoms with Crippen LogP contribution in [0.25, 0.3) is 11.1 Å². The molecule has 0 saturated heterocycles. The minimum atomic E-state index is 0.137. The molecule has 0 unspecified atom stereocenters. The van der Waals surface area contributed by atoms with Crippen LogP contribution >= 0.6 is 11.3 Å². The monoisotopic (exact) mass is 247 g/mol. The van der Waals surface area contributed by atoms with Crippen LogP contribution in [-0.2, 0) is 12.8 Å². The summed E-state index contributed by atoms with van der Waals surface area (Å²) in [6.07, 6.45) is 1.63. The Balaban J connectivity index is 2.49. The number of benzene rings is 1. The van der Waals surface area contributed by atoms with Crippen LogP contribution in [0, 0.1) is 0 Å². The fourth-order valence-electron chi connectivity index (χ4n) is 2.02. The van der Waals surface area contributed by atoms with E-state index in [1.165, 1.54) is 11.1 Å². The summed E-state index contributed by atoms with van der Waals surface area (Å²) in [5.41, 5.74) is 11.7. The highest BCUT2D eigenvalue weighted by atomic mass is 32.1. The lowest BCUT2D eigenvalue weighted by atomic mass is 9.97. The first-order valence-corrected chi connectivity index (χ1v) is 6.75. The van der Waals surface area contributed by atoms with Crippen LogP contribution in [0.5, 0.6) is 0 Å². The second-order valence-corrected chi connectivity index (χ2v) is 4.76. The fraction of sp³-hybridized carbons (Fsp3) is 0.286. The molecule has 0 radical (unpaired) electrons. The Labute approximate surface area is 106 Å². The van der Waals surface area contributed by atoms with E-state index >= 15 is 0 Å². The molecule has 1 heterocycles. The van der Waals surface area contributed by atoms with Gasteiger partial charge in [0.15, 0.2) is 0 Å². The van der Waals surface area contributed by atoms with Gasteiger partial charge in [-0.1, -0.05) is 25.1 Å². The number of para-hydroxylation sites is 1. The third-order valence-electron chi connectivity index (χ3n) is 2.99. The molecule has 2 rings (SSSR count). The highest BCUT2D eigenvalue weighted by Crippen LogP contribution is 2.33. The summed E-state index contributed by atoms with van der Waals surface area (Å²) in [7, 11) is 0. The van der Waals surface area contributed by atoms with E-state index in [1.54, 1.807) is 11.3 Å². The van der Waals surface area contributed by atoms with E-state index in [2.05, 4.69) is 23.8 Å². The standard InChI is InChI=1S/C14H17NOS/c1-2-10-8-17-9-13(10)12-5-3-4-11(6-7-16)14(12)15/h3-5,8-9,16H,2,6-7,15H2,1H3. The number of rotatable bonds is 4. The van der Waals surface area contributed by atoms with Crippen LogP contribution in [-0.4, -0.2) is 11.7 Å². The van der Waals surface area contributed by atoms with Crippen molar-refractivity contribution < 1.29 is 5.11 Å². The lowest BCUT2D eigenvalue weighted by molar-refractivity contribution is 0.300. The zero-order valence-electron chi connectivity index (χ0n) is 9.94. The normalized spacial score (nSPS) is 10.7. The van der Waals surface area contributed by atoms with Gasteiger partial charge in [-0.3, -0.25) is 0 Å². The van der Waals surface area contributed by atoms with E-state index in [4.69, 9.17) is 10.8 Å². The van der Waals surface area contributed by atoms with Gasteiger partial charge in [-0.15, -0.1) is 0 Å². The average molecular weight is 247 g/mol. The molecule has 0 spiro atoms. The van der Waals surface area contributed by atoms with Gasteiger partial charge in [-0.2, -0.15) is 11.3 Å². The molecule has 0 aliphatic carbocycles. The third-order valence-corrected chi connectivity index (χ3v) is 3.78. The van der Waals surface area contributed by atoms with Crippen molar-refractivity contribution >= 4 is 17.0 Å². The lowest BCUT2D eigenvalue weighted by Crippen LogP contribution is -2.00. The van der Waals surface area contributed by atoms with E-state index in [1.807, 2.05) is 12.1 Å². The van der Waals surface area contributed by atoms with E-state index in [9.17, 15) is 0 Å². The van der Waals surface area contributed by atoms with Crippen molar-refractivity contribution in [1.82, 2.24) is 0 Å². The van der Waals surface area contributed by atoms with Crippen molar-refractivity contribution in [3.8, 4) is 11.1 Å². The lowest BCUT2D eigenvalue weighted by Gasteiger charge is -2.10. The van der Waals surface area contributed by atoms with Gasteiger partial charge in [0.25, 0.3) is 0 Å². The summed E-state index contributed by atoms with van der Waals surface area (Å²) in [6.45, 7) is 2.29. The van der Waals surface area contributed by atoms with E-state index < -0.39 is 0 Å². The molecule has 0 amide bonds. The quantitative estimate of drug-likeness (QED) is 0.816. The number of hydrogen-bond donors (Lipinski definition) is 2. The number of nitrogen functional groups attached to an aromatic ring is 1. The Bertz CT molecular complexity index is 505. The molecule has 0 atom stereocenters. The van der Waals surface area contributed by atoms with Gasteiger partial charge < -0.3 is 10.8 Å². The first kappa shape index (κ1) is 12.1. The number of thiophene rings is 1. The highest BCUT2D eigenvalue weighted by molar-refractivity contribution is 7.08. The molecule has 2 aromatic rings. The minimum absolute atomic E-state index is 0.137. The number of anilines is 1. The van der Waals surface area contributed by atoms with Crippen LogP contribution in [0.3, 0.4) is 0 Å². The molecule has 0 fully saturated rings. The molecule has 3 N–H and O–H groups in total. The molecule has 3 heteroatoms. The second kappa shape index (κ2) is 5.34. The van der Waals surface area contributed by atoms with E-state index in [-0.39, 0.29) is 6.61 Å². The number of hydrogen-bond acceptors (Lipinski definition) is 3. The molecule has 17 heavy (non-hydrogen) atoms. The predicted molar refractivity (Wildman–Crippen MR) is 74.3 cm³/mol. The van der Waals surface area contributed by atoms with Crippen LogP contribution in [0.1, 0.15) is 18.1 Å². The number of aliphatic hydroxyl groups excluding tert-OH is 1. The molecule has 1 aromatic carbocycles. The minimum Gasteiger partial charge on any atom is -0.398 e. The molecule has 0 aliphatic heterocycles. The Morgan fingerprint density at radius 1 is 1.18 bits per heavy atom. The average Bonchev–Trinajstić information content (AvgIpc) is 2.80. The van der Waals surface area contributed by atoms with Crippen molar-refractivity contribution in [3.05, 3.63) is 40.1 Å². The van der Waals surface area contributed by atoms with Gasteiger partial charge in [0, 0.05) is 17.9 Å². The van der Waals surface area contributed by atoms with Crippen molar-refractivity contribution in [2.75, 3.05) is 12.3 Å². The van der Waals surface area contributed by atoms with Crippen LogP contribution < -0.4 is 5.73 Å². The molecule has 0 aliphatic rings. The zero-order valence-corrected chi connectivity index (χ0v) is 10.8.